The molecule has 0 radical (unpaired) electrons. The minimum absolute atomic E-state index is 0.157. The Morgan fingerprint density at radius 1 is 1.35 bits per heavy atom. The topological polar surface area (TPSA) is 102 Å². The lowest BCUT2D eigenvalue weighted by molar-refractivity contribution is 0.0951. The van der Waals surface area contributed by atoms with Gasteiger partial charge in [-0.05, 0) is 37.6 Å². The normalized spacial score (nSPS) is 13.7. The third-order valence-corrected chi connectivity index (χ3v) is 4.15. The Bertz CT molecular complexity index is 988. The Labute approximate surface area is 149 Å². The van der Waals surface area contributed by atoms with E-state index in [4.69, 9.17) is 4.52 Å². The van der Waals surface area contributed by atoms with Crippen LogP contribution in [-0.2, 0) is 6.54 Å². The van der Waals surface area contributed by atoms with Crippen molar-refractivity contribution in [2.24, 2.45) is 0 Å². The zero-order valence-electron chi connectivity index (χ0n) is 14.2. The number of carbonyl (C=O) groups excluding carboxylic acids is 2. The summed E-state index contributed by atoms with van der Waals surface area (Å²) in [6.45, 7) is 3.09. The average molecular weight is 351 g/mol. The molecule has 1 aliphatic rings. The molecule has 0 atom stereocenters. The molecule has 2 aromatic heterocycles. The van der Waals surface area contributed by atoms with E-state index in [-0.39, 0.29) is 11.8 Å². The van der Waals surface area contributed by atoms with Crippen molar-refractivity contribution in [1.82, 2.24) is 20.0 Å². The number of hydrogen-bond donors (Lipinski definition) is 2. The Hall–Kier alpha value is -3.42. The molecule has 26 heavy (non-hydrogen) atoms. The monoisotopic (exact) mass is 351 g/mol. The zero-order valence-corrected chi connectivity index (χ0v) is 14.2. The van der Waals surface area contributed by atoms with E-state index in [0.29, 0.717) is 41.7 Å². The fourth-order valence-electron chi connectivity index (χ4n) is 2.90. The van der Waals surface area contributed by atoms with Gasteiger partial charge in [0.25, 0.3) is 17.7 Å². The van der Waals surface area contributed by atoms with Crippen LogP contribution < -0.4 is 10.6 Å². The smallest absolute Gasteiger partial charge is 0.267 e. The van der Waals surface area contributed by atoms with E-state index in [9.17, 15) is 9.59 Å². The van der Waals surface area contributed by atoms with Crippen molar-refractivity contribution in [3.63, 3.8) is 0 Å². The van der Waals surface area contributed by atoms with E-state index in [1.165, 1.54) is 0 Å². The third-order valence-electron chi connectivity index (χ3n) is 4.15. The van der Waals surface area contributed by atoms with Crippen LogP contribution in [0, 0.1) is 6.92 Å². The van der Waals surface area contributed by atoms with Gasteiger partial charge in [-0.1, -0.05) is 11.2 Å². The quantitative estimate of drug-likeness (QED) is 0.753. The van der Waals surface area contributed by atoms with Gasteiger partial charge < -0.3 is 19.7 Å². The van der Waals surface area contributed by atoms with Gasteiger partial charge in [-0.2, -0.15) is 4.98 Å². The Balaban J connectivity index is 1.55. The van der Waals surface area contributed by atoms with E-state index in [0.717, 1.165) is 12.0 Å². The number of rotatable bonds is 3. The van der Waals surface area contributed by atoms with Crippen molar-refractivity contribution >= 4 is 17.5 Å². The van der Waals surface area contributed by atoms with Gasteiger partial charge in [0.15, 0.2) is 5.82 Å². The summed E-state index contributed by atoms with van der Waals surface area (Å²) in [7, 11) is 0. The molecule has 1 aliphatic heterocycles. The summed E-state index contributed by atoms with van der Waals surface area (Å²) < 4.78 is 6.97. The van der Waals surface area contributed by atoms with Gasteiger partial charge in [0.1, 0.15) is 5.69 Å². The first-order valence-corrected chi connectivity index (χ1v) is 8.30. The van der Waals surface area contributed by atoms with Crippen LogP contribution in [0.15, 0.2) is 41.1 Å². The number of aromatic nitrogens is 3. The van der Waals surface area contributed by atoms with Gasteiger partial charge in [-0.3, -0.25) is 9.59 Å². The highest BCUT2D eigenvalue weighted by Crippen LogP contribution is 2.22. The largest absolute Gasteiger partial charge is 0.351 e. The summed E-state index contributed by atoms with van der Waals surface area (Å²) in [5.41, 5.74) is 2.27. The molecular formula is C18H17N5O3. The molecule has 0 unspecified atom stereocenters. The lowest BCUT2D eigenvalue weighted by atomic mass is 10.2. The Morgan fingerprint density at radius 3 is 3.04 bits per heavy atom. The molecule has 3 aromatic rings. The number of anilines is 1. The number of nitrogens with one attached hydrogen (secondary N) is 2. The summed E-state index contributed by atoms with van der Waals surface area (Å²) in [5.74, 6) is 0.501. The summed E-state index contributed by atoms with van der Waals surface area (Å²) in [5, 5.41) is 9.43. The first-order valence-electron chi connectivity index (χ1n) is 8.30. The molecule has 2 amide bonds. The lowest BCUT2D eigenvalue weighted by Crippen LogP contribution is -2.22. The van der Waals surface area contributed by atoms with Crippen LogP contribution in [0.5, 0.6) is 0 Å². The fourth-order valence-corrected chi connectivity index (χ4v) is 2.90. The van der Waals surface area contributed by atoms with E-state index in [1.54, 1.807) is 37.4 Å². The maximum Gasteiger partial charge on any atom is 0.267 e. The summed E-state index contributed by atoms with van der Waals surface area (Å²) in [6.07, 6.45) is 2.54. The van der Waals surface area contributed by atoms with Gasteiger partial charge in [-0.15, -0.1) is 0 Å². The lowest BCUT2D eigenvalue weighted by Gasteiger charge is -2.05. The highest BCUT2D eigenvalue weighted by Gasteiger charge is 2.19. The maximum atomic E-state index is 12.6. The molecule has 1 aromatic carbocycles. The number of amides is 2. The molecular weight excluding hydrogens is 334 g/mol. The van der Waals surface area contributed by atoms with Crippen molar-refractivity contribution < 1.29 is 14.1 Å². The van der Waals surface area contributed by atoms with Crippen LogP contribution >= 0.6 is 0 Å². The molecule has 132 valence electrons. The van der Waals surface area contributed by atoms with Gasteiger partial charge in [0.2, 0.25) is 0 Å². The summed E-state index contributed by atoms with van der Waals surface area (Å²) in [4.78, 5) is 28.8. The van der Waals surface area contributed by atoms with E-state index < -0.39 is 0 Å². The maximum absolute atomic E-state index is 12.6. The zero-order chi connectivity index (χ0) is 18.1. The Kier molecular flexibility index (Phi) is 4.00. The molecule has 0 spiro atoms. The fraction of sp³-hybridized carbons (Fsp3) is 0.222. The van der Waals surface area contributed by atoms with E-state index in [2.05, 4.69) is 20.8 Å². The van der Waals surface area contributed by atoms with Gasteiger partial charge >= 0.3 is 0 Å². The van der Waals surface area contributed by atoms with Crippen molar-refractivity contribution in [2.45, 2.75) is 19.9 Å². The minimum Gasteiger partial charge on any atom is -0.351 e. The molecule has 2 N–H and O–H groups in total. The van der Waals surface area contributed by atoms with Crippen LogP contribution in [0.4, 0.5) is 5.69 Å². The molecule has 0 saturated heterocycles. The third kappa shape index (κ3) is 3.08. The first kappa shape index (κ1) is 16.1. The SMILES string of the molecule is Cc1noc(-c2cccc(NC(=O)c3cc4n(c3)CCCNC4=O)c2)n1. The molecule has 0 saturated carbocycles. The average Bonchev–Trinajstić information content (AvgIpc) is 3.22. The summed E-state index contributed by atoms with van der Waals surface area (Å²) in [6, 6.07) is 8.78. The molecule has 4 rings (SSSR count). The number of aryl methyl sites for hydroxylation is 2. The minimum atomic E-state index is -0.280. The van der Waals surface area contributed by atoms with Crippen molar-refractivity contribution in [3.05, 3.63) is 53.6 Å². The molecule has 0 fully saturated rings. The predicted octanol–water partition coefficient (Wildman–Crippen LogP) is 2.23. The Morgan fingerprint density at radius 2 is 2.23 bits per heavy atom. The molecule has 8 nitrogen and oxygen atoms in total. The van der Waals surface area contributed by atoms with Crippen molar-refractivity contribution in [3.8, 4) is 11.5 Å². The number of carbonyl (C=O) groups is 2. The van der Waals surface area contributed by atoms with E-state index in [1.807, 2.05) is 10.6 Å². The van der Waals surface area contributed by atoms with Crippen LogP contribution in [-0.4, -0.2) is 33.1 Å². The number of fused-ring (bicyclic) bond motifs is 1. The second kappa shape index (κ2) is 6.47. The predicted molar refractivity (Wildman–Crippen MR) is 93.8 cm³/mol. The van der Waals surface area contributed by atoms with Gasteiger partial charge in [0.05, 0.1) is 5.56 Å². The van der Waals surface area contributed by atoms with Gasteiger partial charge in [0, 0.05) is 30.5 Å². The second-order valence-electron chi connectivity index (χ2n) is 6.10. The van der Waals surface area contributed by atoms with Gasteiger partial charge in [-0.25, -0.2) is 0 Å². The van der Waals surface area contributed by atoms with Crippen LogP contribution in [0.1, 0.15) is 33.1 Å². The van der Waals surface area contributed by atoms with Crippen molar-refractivity contribution in [2.75, 3.05) is 11.9 Å². The standard InChI is InChI=1S/C18H17N5O3/c1-11-20-18(26-22-11)12-4-2-5-14(8-12)21-16(24)13-9-15-17(25)19-6-3-7-23(15)10-13/h2,4-5,8-10H,3,6-7H2,1H3,(H,19,25)(H,21,24). The van der Waals surface area contributed by atoms with Crippen LogP contribution in [0.2, 0.25) is 0 Å². The molecule has 8 heteroatoms. The molecule has 0 aliphatic carbocycles. The van der Waals surface area contributed by atoms with Crippen LogP contribution in [0.3, 0.4) is 0 Å². The second-order valence-corrected chi connectivity index (χ2v) is 6.10. The molecule has 0 bridgehead atoms. The molecule has 3 heterocycles. The highest BCUT2D eigenvalue weighted by atomic mass is 16.5. The number of benzene rings is 1. The number of hydrogen-bond acceptors (Lipinski definition) is 5. The van der Waals surface area contributed by atoms with Crippen molar-refractivity contribution in [1.29, 1.82) is 0 Å². The number of nitrogens with zero attached hydrogens (tertiary/aromatic N) is 3. The van der Waals surface area contributed by atoms with E-state index >= 15 is 0 Å². The summed E-state index contributed by atoms with van der Waals surface area (Å²) >= 11 is 0. The first-order chi connectivity index (χ1) is 12.6. The highest BCUT2D eigenvalue weighted by molar-refractivity contribution is 6.06. The van der Waals surface area contributed by atoms with Crippen LogP contribution in [0.25, 0.3) is 11.5 Å².